The van der Waals surface area contributed by atoms with Crippen LogP contribution in [-0.4, -0.2) is 36.9 Å². The summed E-state index contributed by atoms with van der Waals surface area (Å²) >= 11 is 0. The van der Waals surface area contributed by atoms with Gasteiger partial charge in [0, 0.05) is 19.1 Å². The van der Waals surface area contributed by atoms with Gasteiger partial charge in [-0.2, -0.15) is 0 Å². The molecule has 4 nitrogen and oxygen atoms in total. The first-order chi connectivity index (χ1) is 6.24. The Hall–Kier alpha value is -0.610. The van der Waals surface area contributed by atoms with Crippen LogP contribution in [0.2, 0.25) is 0 Å². The van der Waals surface area contributed by atoms with Crippen LogP contribution < -0.4 is 5.32 Å². The molecular formula is C9H17NO3. The molecule has 0 spiro atoms. The predicted molar refractivity (Wildman–Crippen MR) is 48.2 cm³/mol. The molecule has 1 heterocycles. The van der Waals surface area contributed by atoms with Crippen LogP contribution in [0.1, 0.15) is 19.8 Å². The third-order valence-electron chi connectivity index (χ3n) is 2.23. The van der Waals surface area contributed by atoms with Crippen molar-refractivity contribution in [3.63, 3.8) is 0 Å². The van der Waals surface area contributed by atoms with Crippen LogP contribution >= 0.6 is 0 Å². The number of aliphatic hydroxyl groups excluding tert-OH is 1. The molecule has 76 valence electrons. The molecule has 0 bridgehead atoms. The monoisotopic (exact) mass is 187 g/mol. The largest absolute Gasteiger partial charge is 0.391 e. The van der Waals surface area contributed by atoms with Gasteiger partial charge in [-0.3, -0.25) is 4.79 Å². The van der Waals surface area contributed by atoms with Crippen molar-refractivity contribution in [2.75, 3.05) is 19.8 Å². The van der Waals surface area contributed by atoms with Crippen LogP contribution in [0.25, 0.3) is 0 Å². The van der Waals surface area contributed by atoms with Crippen molar-refractivity contribution < 1.29 is 14.6 Å². The summed E-state index contributed by atoms with van der Waals surface area (Å²) in [6.45, 7) is 3.56. The Morgan fingerprint density at radius 1 is 1.77 bits per heavy atom. The van der Waals surface area contributed by atoms with Crippen molar-refractivity contribution in [2.45, 2.75) is 25.9 Å². The van der Waals surface area contributed by atoms with E-state index in [1.165, 1.54) is 0 Å². The Morgan fingerprint density at radius 2 is 2.54 bits per heavy atom. The minimum absolute atomic E-state index is 0.0181. The smallest absolute Gasteiger partial charge is 0.223 e. The molecule has 0 aliphatic carbocycles. The van der Waals surface area contributed by atoms with Gasteiger partial charge in [-0.15, -0.1) is 0 Å². The standard InChI is InChI=1S/C9H17NO3/c1-2-13-6-8(11)5-7-3-4-10-9(7)12/h7-8,11H,2-6H2,1H3,(H,10,12). The van der Waals surface area contributed by atoms with Gasteiger partial charge in [-0.05, 0) is 19.8 Å². The Bertz CT molecular complexity index is 172. The van der Waals surface area contributed by atoms with Gasteiger partial charge < -0.3 is 15.2 Å². The van der Waals surface area contributed by atoms with Gasteiger partial charge in [-0.25, -0.2) is 0 Å². The lowest BCUT2D eigenvalue weighted by Gasteiger charge is -2.13. The van der Waals surface area contributed by atoms with Crippen LogP contribution in [0, 0.1) is 5.92 Å². The van der Waals surface area contributed by atoms with Crippen LogP contribution in [-0.2, 0) is 9.53 Å². The molecule has 1 saturated heterocycles. The number of aliphatic hydroxyl groups is 1. The fourth-order valence-electron chi connectivity index (χ4n) is 1.52. The van der Waals surface area contributed by atoms with Gasteiger partial charge in [-0.1, -0.05) is 0 Å². The summed E-state index contributed by atoms with van der Waals surface area (Å²) in [6, 6.07) is 0. The number of rotatable bonds is 5. The molecule has 13 heavy (non-hydrogen) atoms. The number of carbonyl (C=O) groups excluding carboxylic acids is 1. The van der Waals surface area contributed by atoms with E-state index in [1.54, 1.807) is 0 Å². The molecule has 1 fully saturated rings. The molecule has 1 amide bonds. The molecule has 4 heteroatoms. The van der Waals surface area contributed by atoms with Gasteiger partial charge in [0.05, 0.1) is 12.7 Å². The third kappa shape index (κ3) is 3.32. The highest BCUT2D eigenvalue weighted by atomic mass is 16.5. The fraction of sp³-hybridized carbons (Fsp3) is 0.889. The zero-order valence-corrected chi connectivity index (χ0v) is 7.95. The topological polar surface area (TPSA) is 58.6 Å². The van der Waals surface area contributed by atoms with E-state index < -0.39 is 6.10 Å². The highest BCUT2D eigenvalue weighted by molar-refractivity contribution is 5.80. The maximum absolute atomic E-state index is 11.1. The molecule has 0 saturated carbocycles. The summed E-state index contributed by atoms with van der Waals surface area (Å²) in [5.41, 5.74) is 0. The maximum Gasteiger partial charge on any atom is 0.223 e. The van der Waals surface area contributed by atoms with Gasteiger partial charge in [0.15, 0.2) is 0 Å². The summed E-state index contributed by atoms with van der Waals surface area (Å²) < 4.78 is 5.06. The molecular weight excluding hydrogens is 170 g/mol. The Kier molecular flexibility index (Phi) is 4.18. The molecule has 2 atom stereocenters. The van der Waals surface area contributed by atoms with E-state index >= 15 is 0 Å². The van der Waals surface area contributed by atoms with Gasteiger partial charge >= 0.3 is 0 Å². The molecule has 1 aliphatic heterocycles. The number of hydrogen-bond acceptors (Lipinski definition) is 3. The molecule has 0 aromatic heterocycles. The predicted octanol–water partition coefficient (Wildman–Crippen LogP) is -0.0900. The first-order valence-corrected chi connectivity index (χ1v) is 4.77. The van der Waals surface area contributed by atoms with E-state index in [1.807, 2.05) is 6.92 Å². The maximum atomic E-state index is 11.1. The second-order valence-electron chi connectivity index (χ2n) is 3.33. The molecule has 0 aromatic carbocycles. The quantitative estimate of drug-likeness (QED) is 0.632. The van der Waals surface area contributed by atoms with E-state index in [0.717, 1.165) is 13.0 Å². The number of ether oxygens (including phenoxy) is 1. The summed E-state index contributed by atoms with van der Waals surface area (Å²) in [5, 5.41) is 12.2. The summed E-state index contributed by atoms with van der Waals surface area (Å²) in [6.07, 6.45) is 0.849. The first kappa shape index (κ1) is 10.5. The second-order valence-corrected chi connectivity index (χ2v) is 3.33. The minimum Gasteiger partial charge on any atom is -0.391 e. The highest BCUT2D eigenvalue weighted by Gasteiger charge is 2.26. The zero-order valence-electron chi connectivity index (χ0n) is 7.95. The van der Waals surface area contributed by atoms with Gasteiger partial charge in [0.2, 0.25) is 5.91 Å². The van der Waals surface area contributed by atoms with E-state index in [4.69, 9.17) is 4.74 Å². The van der Waals surface area contributed by atoms with Crippen molar-refractivity contribution in [3.8, 4) is 0 Å². The van der Waals surface area contributed by atoms with Gasteiger partial charge in [0.25, 0.3) is 0 Å². The van der Waals surface area contributed by atoms with E-state index in [0.29, 0.717) is 19.6 Å². The molecule has 1 aliphatic rings. The van der Waals surface area contributed by atoms with E-state index in [9.17, 15) is 9.90 Å². The second kappa shape index (κ2) is 5.19. The Balaban J connectivity index is 2.19. The van der Waals surface area contributed by atoms with E-state index in [-0.39, 0.29) is 11.8 Å². The number of nitrogens with one attached hydrogen (secondary N) is 1. The van der Waals surface area contributed by atoms with Crippen LogP contribution in [0.5, 0.6) is 0 Å². The molecule has 2 N–H and O–H groups in total. The lowest BCUT2D eigenvalue weighted by molar-refractivity contribution is -0.123. The number of carbonyl (C=O) groups is 1. The molecule has 0 radical (unpaired) electrons. The molecule has 2 unspecified atom stereocenters. The minimum atomic E-state index is -0.506. The zero-order chi connectivity index (χ0) is 9.68. The van der Waals surface area contributed by atoms with Crippen LogP contribution in [0.4, 0.5) is 0 Å². The summed E-state index contributed by atoms with van der Waals surface area (Å²) in [5.74, 6) is 0.0472. The first-order valence-electron chi connectivity index (χ1n) is 4.77. The lowest BCUT2D eigenvalue weighted by Crippen LogP contribution is -2.25. The summed E-state index contributed by atoms with van der Waals surface area (Å²) in [7, 11) is 0. The van der Waals surface area contributed by atoms with Crippen molar-refractivity contribution >= 4 is 5.91 Å². The normalized spacial score (nSPS) is 24.5. The van der Waals surface area contributed by atoms with E-state index in [2.05, 4.69) is 5.32 Å². The van der Waals surface area contributed by atoms with Crippen molar-refractivity contribution in [1.29, 1.82) is 0 Å². The Morgan fingerprint density at radius 3 is 3.08 bits per heavy atom. The Labute approximate surface area is 78.3 Å². The van der Waals surface area contributed by atoms with Crippen molar-refractivity contribution in [3.05, 3.63) is 0 Å². The van der Waals surface area contributed by atoms with Crippen molar-refractivity contribution in [2.24, 2.45) is 5.92 Å². The van der Waals surface area contributed by atoms with Gasteiger partial charge in [0.1, 0.15) is 0 Å². The SMILES string of the molecule is CCOCC(O)CC1CCNC1=O. The van der Waals surface area contributed by atoms with Crippen molar-refractivity contribution in [1.82, 2.24) is 5.32 Å². The lowest BCUT2D eigenvalue weighted by atomic mass is 10.0. The average Bonchev–Trinajstić information content (AvgIpc) is 2.48. The number of amides is 1. The van der Waals surface area contributed by atoms with Crippen LogP contribution in [0.15, 0.2) is 0 Å². The average molecular weight is 187 g/mol. The third-order valence-corrected chi connectivity index (χ3v) is 2.23. The fourth-order valence-corrected chi connectivity index (χ4v) is 1.52. The van der Waals surface area contributed by atoms with Crippen LogP contribution in [0.3, 0.4) is 0 Å². The molecule has 1 rings (SSSR count). The summed E-state index contributed by atoms with van der Waals surface area (Å²) in [4.78, 5) is 11.1. The number of hydrogen-bond donors (Lipinski definition) is 2. The highest BCUT2D eigenvalue weighted by Crippen LogP contribution is 2.15. The molecule has 0 aromatic rings.